The lowest BCUT2D eigenvalue weighted by Gasteiger charge is -1.99. The van der Waals surface area contributed by atoms with Crippen molar-refractivity contribution >= 4 is 34.2 Å². The number of carbonyl (C=O) groups excluding carboxylic acids is 2. The molecule has 1 aromatic carbocycles. The highest BCUT2D eigenvalue weighted by Gasteiger charge is 2.13. The fourth-order valence-corrected chi connectivity index (χ4v) is 1.35. The largest absolute Gasteiger partial charge is 0.298 e. The highest BCUT2D eigenvalue weighted by atomic mass is 79.9. The minimum Gasteiger partial charge on any atom is -0.298 e. The standard InChI is InChI=1S/C8H4BrNO4/c9-8-5(3-11)1-7(10(13)14)2-6(8)4-12/h1-4H. The molecule has 0 saturated carbocycles. The van der Waals surface area contributed by atoms with Gasteiger partial charge < -0.3 is 0 Å². The summed E-state index contributed by atoms with van der Waals surface area (Å²) < 4.78 is 0.271. The van der Waals surface area contributed by atoms with Gasteiger partial charge in [-0.1, -0.05) is 0 Å². The first kappa shape index (κ1) is 10.5. The van der Waals surface area contributed by atoms with E-state index in [2.05, 4.69) is 15.9 Å². The normalized spacial score (nSPS) is 9.50. The molecular formula is C8H4BrNO4. The number of hydrogen-bond donors (Lipinski definition) is 0. The number of non-ortho nitro benzene ring substituents is 1. The lowest BCUT2D eigenvalue weighted by molar-refractivity contribution is -0.384. The smallest absolute Gasteiger partial charge is 0.270 e. The van der Waals surface area contributed by atoms with Crippen molar-refractivity contribution in [2.24, 2.45) is 0 Å². The van der Waals surface area contributed by atoms with Gasteiger partial charge in [0.1, 0.15) is 0 Å². The average Bonchev–Trinajstić information content (AvgIpc) is 2.17. The fraction of sp³-hybridized carbons (Fsp3) is 0. The number of rotatable bonds is 3. The number of hydrogen-bond acceptors (Lipinski definition) is 4. The molecule has 14 heavy (non-hydrogen) atoms. The van der Waals surface area contributed by atoms with Gasteiger partial charge in [-0.3, -0.25) is 19.7 Å². The number of carbonyl (C=O) groups is 2. The van der Waals surface area contributed by atoms with E-state index in [1.807, 2.05) is 0 Å². The summed E-state index contributed by atoms with van der Waals surface area (Å²) in [5.74, 6) is 0. The Labute approximate surface area is 87.0 Å². The van der Waals surface area contributed by atoms with E-state index < -0.39 is 4.92 Å². The van der Waals surface area contributed by atoms with Crippen LogP contribution in [0.25, 0.3) is 0 Å². The number of nitrogens with zero attached hydrogens (tertiary/aromatic N) is 1. The minimum absolute atomic E-state index is 0.0845. The Morgan fingerprint density at radius 3 is 1.93 bits per heavy atom. The van der Waals surface area contributed by atoms with Crippen molar-refractivity contribution in [1.29, 1.82) is 0 Å². The summed E-state index contributed by atoms with van der Waals surface area (Å²) in [4.78, 5) is 30.8. The van der Waals surface area contributed by atoms with Crippen LogP contribution in [0, 0.1) is 10.1 Å². The molecule has 0 aliphatic rings. The van der Waals surface area contributed by atoms with Crippen LogP contribution < -0.4 is 0 Å². The molecule has 0 amide bonds. The minimum atomic E-state index is -0.660. The zero-order chi connectivity index (χ0) is 10.7. The zero-order valence-corrected chi connectivity index (χ0v) is 8.35. The van der Waals surface area contributed by atoms with Gasteiger partial charge in [0.15, 0.2) is 12.6 Å². The van der Waals surface area contributed by atoms with Gasteiger partial charge >= 0.3 is 0 Å². The van der Waals surface area contributed by atoms with Gasteiger partial charge in [-0.05, 0) is 15.9 Å². The molecule has 5 nitrogen and oxygen atoms in total. The summed E-state index contributed by atoms with van der Waals surface area (Å²) in [5, 5.41) is 10.4. The quantitative estimate of drug-likeness (QED) is 0.471. The number of aldehydes is 2. The number of nitro benzene ring substituents is 1. The molecule has 1 aromatic rings. The van der Waals surface area contributed by atoms with Gasteiger partial charge in [0, 0.05) is 27.7 Å². The third-order valence-corrected chi connectivity index (χ3v) is 2.49. The molecule has 0 spiro atoms. The maximum Gasteiger partial charge on any atom is 0.270 e. The van der Waals surface area contributed by atoms with Crippen LogP contribution in [-0.4, -0.2) is 17.5 Å². The van der Waals surface area contributed by atoms with Crippen LogP contribution in [0.2, 0.25) is 0 Å². The van der Waals surface area contributed by atoms with Crippen LogP contribution in [0.3, 0.4) is 0 Å². The van der Waals surface area contributed by atoms with E-state index >= 15 is 0 Å². The Bertz CT molecular complexity index is 387. The molecule has 0 heterocycles. The lowest BCUT2D eigenvalue weighted by atomic mass is 10.1. The van der Waals surface area contributed by atoms with E-state index in [0.29, 0.717) is 12.6 Å². The van der Waals surface area contributed by atoms with Crippen molar-refractivity contribution in [3.8, 4) is 0 Å². The zero-order valence-electron chi connectivity index (χ0n) is 6.77. The first-order valence-electron chi connectivity index (χ1n) is 3.48. The molecule has 0 saturated heterocycles. The van der Waals surface area contributed by atoms with Crippen LogP contribution in [0.4, 0.5) is 5.69 Å². The summed E-state index contributed by atoms with van der Waals surface area (Å²) in [7, 11) is 0. The van der Waals surface area contributed by atoms with Crippen LogP contribution >= 0.6 is 15.9 Å². The van der Waals surface area contributed by atoms with E-state index in [-0.39, 0.29) is 21.3 Å². The molecule has 72 valence electrons. The van der Waals surface area contributed by atoms with E-state index in [9.17, 15) is 19.7 Å². The molecule has 1 rings (SSSR count). The van der Waals surface area contributed by atoms with Crippen molar-refractivity contribution in [3.63, 3.8) is 0 Å². The third kappa shape index (κ3) is 1.85. The van der Waals surface area contributed by atoms with E-state index in [0.717, 1.165) is 12.1 Å². The lowest BCUT2D eigenvalue weighted by Crippen LogP contribution is -1.95. The third-order valence-electron chi connectivity index (χ3n) is 1.58. The average molecular weight is 258 g/mol. The van der Waals surface area contributed by atoms with Crippen molar-refractivity contribution in [3.05, 3.63) is 37.8 Å². The van der Waals surface area contributed by atoms with Gasteiger partial charge in [-0.2, -0.15) is 0 Å². The Morgan fingerprint density at radius 1 is 1.21 bits per heavy atom. The molecule has 6 heteroatoms. The second-order valence-corrected chi connectivity index (χ2v) is 3.22. The fourth-order valence-electron chi connectivity index (χ4n) is 0.931. The molecule has 0 unspecified atom stereocenters. The first-order chi connectivity index (χ1) is 6.60. The highest BCUT2D eigenvalue weighted by molar-refractivity contribution is 9.10. The second-order valence-electron chi connectivity index (χ2n) is 2.43. The summed E-state index contributed by atoms with van der Waals surface area (Å²) in [6.45, 7) is 0. The monoisotopic (exact) mass is 257 g/mol. The van der Waals surface area contributed by atoms with E-state index in [4.69, 9.17) is 0 Å². The summed E-state index contributed by atoms with van der Waals surface area (Å²) in [5.41, 5.74) is -0.111. The van der Waals surface area contributed by atoms with Crippen LogP contribution in [0.1, 0.15) is 20.7 Å². The van der Waals surface area contributed by atoms with Crippen LogP contribution in [0.15, 0.2) is 16.6 Å². The predicted octanol–water partition coefficient (Wildman–Crippen LogP) is 1.98. The molecule has 0 aromatic heterocycles. The van der Waals surface area contributed by atoms with Gasteiger partial charge in [-0.15, -0.1) is 0 Å². The maximum atomic E-state index is 10.5. The van der Waals surface area contributed by atoms with Crippen molar-refractivity contribution < 1.29 is 14.5 Å². The maximum absolute atomic E-state index is 10.5. The topological polar surface area (TPSA) is 77.3 Å². The van der Waals surface area contributed by atoms with Gasteiger partial charge in [0.25, 0.3) is 5.69 Å². The van der Waals surface area contributed by atoms with Crippen LogP contribution in [0.5, 0.6) is 0 Å². The molecule has 0 radical (unpaired) electrons. The molecule has 0 bridgehead atoms. The number of benzene rings is 1. The summed E-state index contributed by atoms with van der Waals surface area (Å²) in [6, 6.07) is 2.20. The van der Waals surface area contributed by atoms with Crippen molar-refractivity contribution in [2.45, 2.75) is 0 Å². The molecule has 0 fully saturated rings. The number of nitro groups is 1. The van der Waals surface area contributed by atoms with Crippen LogP contribution in [-0.2, 0) is 0 Å². The Hall–Kier alpha value is -1.56. The van der Waals surface area contributed by atoms with E-state index in [1.165, 1.54) is 0 Å². The Kier molecular flexibility index (Phi) is 3.08. The molecule has 0 N–H and O–H groups in total. The number of halogens is 1. The SMILES string of the molecule is O=Cc1cc([N+](=O)[O-])cc(C=O)c1Br. The van der Waals surface area contributed by atoms with Crippen molar-refractivity contribution in [2.75, 3.05) is 0 Å². The second kappa shape index (κ2) is 4.10. The van der Waals surface area contributed by atoms with Gasteiger partial charge in [-0.25, -0.2) is 0 Å². The van der Waals surface area contributed by atoms with Gasteiger partial charge in [0.2, 0.25) is 0 Å². The van der Waals surface area contributed by atoms with Gasteiger partial charge in [0.05, 0.1) is 4.92 Å². The summed E-state index contributed by atoms with van der Waals surface area (Å²) >= 11 is 3.00. The molecule has 0 atom stereocenters. The summed E-state index contributed by atoms with van der Waals surface area (Å²) in [6.07, 6.45) is 0.897. The molecule has 0 aliphatic carbocycles. The first-order valence-corrected chi connectivity index (χ1v) is 4.27. The van der Waals surface area contributed by atoms with E-state index in [1.54, 1.807) is 0 Å². The molecular weight excluding hydrogens is 254 g/mol. The Balaban J connectivity index is 3.46. The predicted molar refractivity (Wildman–Crippen MR) is 51.6 cm³/mol. The van der Waals surface area contributed by atoms with Crippen molar-refractivity contribution in [1.82, 2.24) is 0 Å². The highest BCUT2D eigenvalue weighted by Crippen LogP contribution is 2.25. The molecule has 0 aliphatic heterocycles. The Morgan fingerprint density at radius 2 is 1.64 bits per heavy atom.